The molecule has 0 unspecified atom stereocenters. The maximum Gasteiger partial charge on any atom is 0.243 e. The second-order valence-electron chi connectivity index (χ2n) is 4.45. The number of nitrogen functional groups attached to an aromatic ring is 1. The number of sulfonamides is 1. The summed E-state index contributed by atoms with van der Waals surface area (Å²) in [6, 6.07) is 6.02. The Labute approximate surface area is 123 Å². The van der Waals surface area contributed by atoms with Crippen LogP contribution in [-0.2, 0) is 16.6 Å². The van der Waals surface area contributed by atoms with Gasteiger partial charge in [-0.15, -0.1) is 0 Å². The lowest BCUT2D eigenvalue weighted by molar-refractivity contribution is 0.459. The predicted molar refractivity (Wildman–Crippen MR) is 78.0 cm³/mol. The van der Waals surface area contributed by atoms with E-state index in [1.165, 1.54) is 35.8 Å². The summed E-state index contributed by atoms with van der Waals surface area (Å²) in [4.78, 5) is 0.111. The van der Waals surface area contributed by atoms with E-state index in [1.807, 2.05) is 0 Å². The molecular weight excluding hydrogens is 300 g/mol. The summed E-state index contributed by atoms with van der Waals surface area (Å²) < 4.78 is 31.3. The number of furan rings is 1. The fourth-order valence-corrected chi connectivity index (χ4v) is 3.17. The minimum atomic E-state index is -3.62. The predicted octanol–water partition coefficient (Wildman–Crippen LogP) is 2.64. The van der Waals surface area contributed by atoms with E-state index in [0.717, 1.165) is 5.56 Å². The van der Waals surface area contributed by atoms with Gasteiger partial charge in [0.2, 0.25) is 10.0 Å². The number of nitrogens with zero attached hydrogens (tertiary/aromatic N) is 1. The molecule has 0 radical (unpaired) electrons. The van der Waals surface area contributed by atoms with Crippen molar-refractivity contribution in [3.05, 3.63) is 46.9 Å². The number of nitrogens with two attached hydrogens (primary N) is 1. The van der Waals surface area contributed by atoms with Crippen LogP contribution in [0.25, 0.3) is 0 Å². The van der Waals surface area contributed by atoms with Gasteiger partial charge in [-0.25, -0.2) is 8.42 Å². The summed E-state index contributed by atoms with van der Waals surface area (Å²) in [5, 5.41) is 0.221. The molecule has 108 valence electrons. The molecule has 0 fully saturated rings. The fourth-order valence-electron chi connectivity index (χ4n) is 1.75. The lowest BCUT2D eigenvalue weighted by atomic mass is 10.3. The minimum Gasteiger partial charge on any atom is -0.469 e. The number of anilines is 1. The number of aryl methyl sites for hydroxylation is 1. The Bertz CT molecular complexity index is 725. The molecule has 0 saturated heterocycles. The monoisotopic (exact) mass is 314 g/mol. The lowest BCUT2D eigenvalue weighted by Crippen LogP contribution is -2.26. The van der Waals surface area contributed by atoms with Crippen LogP contribution in [0.5, 0.6) is 0 Å². The van der Waals surface area contributed by atoms with Gasteiger partial charge in [0.05, 0.1) is 21.9 Å². The topological polar surface area (TPSA) is 76.5 Å². The van der Waals surface area contributed by atoms with Crippen LogP contribution < -0.4 is 5.73 Å². The maximum absolute atomic E-state index is 12.4. The molecule has 0 amide bonds. The Morgan fingerprint density at radius 2 is 2.05 bits per heavy atom. The van der Waals surface area contributed by atoms with Crippen LogP contribution in [0.4, 0.5) is 5.69 Å². The Morgan fingerprint density at radius 3 is 2.60 bits per heavy atom. The van der Waals surface area contributed by atoms with Crippen LogP contribution in [-0.4, -0.2) is 19.8 Å². The molecule has 0 bridgehead atoms. The van der Waals surface area contributed by atoms with Crippen LogP contribution in [0.3, 0.4) is 0 Å². The first-order valence-electron chi connectivity index (χ1n) is 5.86. The fraction of sp³-hybridized carbons (Fsp3) is 0.231. The van der Waals surface area contributed by atoms with Gasteiger partial charge in [-0.3, -0.25) is 0 Å². The molecule has 0 aliphatic carbocycles. The molecule has 0 saturated carbocycles. The van der Waals surface area contributed by atoms with Gasteiger partial charge in [0.1, 0.15) is 5.76 Å². The van der Waals surface area contributed by atoms with Gasteiger partial charge in [0, 0.05) is 19.2 Å². The number of hydrogen-bond acceptors (Lipinski definition) is 4. The molecule has 0 aliphatic heterocycles. The molecule has 20 heavy (non-hydrogen) atoms. The third-order valence-corrected chi connectivity index (χ3v) is 5.17. The average molecular weight is 315 g/mol. The summed E-state index contributed by atoms with van der Waals surface area (Å²) in [6.07, 6.45) is 1.53. The largest absolute Gasteiger partial charge is 0.469 e. The molecule has 2 rings (SSSR count). The number of halogens is 1. The van der Waals surface area contributed by atoms with Gasteiger partial charge < -0.3 is 10.2 Å². The average Bonchev–Trinajstić information content (AvgIpc) is 2.78. The number of benzene rings is 1. The molecular formula is C13H15ClN2O3S. The molecule has 0 spiro atoms. The van der Waals surface area contributed by atoms with Crippen molar-refractivity contribution in [1.82, 2.24) is 4.31 Å². The van der Waals surface area contributed by atoms with Gasteiger partial charge >= 0.3 is 0 Å². The first kappa shape index (κ1) is 14.9. The highest BCUT2D eigenvalue weighted by Crippen LogP contribution is 2.25. The van der Waals surface area contributed by atoms with E-state index >= 15 is 0 Å². The van der Waals surface area contributed by atoms with Crippen LogP contribution in [0.1, 0.15) is 11.3 Å². The second-order valence-corrected chi connectivity index (χ2v) is 6.90. The zero-order chi connectivity index (χ0) is 14.9. The van der Waals surface area contributed by atoms with Crippen LogP contribution in [0, 0.1) is 6.92 Å². The van der Waals surface area contributed by atoms with E-state index in [2.05, 4.69) is 0 Å². The molecule has 2 N–H and O–H groups in total. The van der Waals surface area contributed by atoms with Crippen molar-refractivity contribution in [3.63, 3.8) is 0 Å². The molecule has 7 heteroatoms. The molecule has 1 aromatic heterocycles. The lowest BCUT2D eigenvalue weighted by Gasteiger charge is -2.17. The van der Waals surface area contributed by atoms with Crippen molar-refractivity contribution in [3.8, 4) is 0 Å². The van der Waals surface area contributed by atoms with E-state index < -0.39 is 10.0 Å². The Kier molecular flexibility index (Phi) is 4.08. The van der Waals surface area contributed by atoms with Crippen molar-refractivity contribution < 1.29 is 12.8 Å². The first-order chi connectivity index (χ1) is 9.32. The van der Waals surface area contributed by atoms with Crippen molar-refractivity contribution in [2.75, 3.05) is 12.8 Å². The highest BCUT2D eigenvalue weighted by molar-refractivity contribution is 7.89. The molecule has 1 heterocycles. The van der Waals surface area contributed by atoms with Gasteiger partial charge in [-0.2, -0.15) is 4.31 Å². The highest BCUT2D eigenvalue weighted by Gasteiger charge is 2.22. The normalized spacial score (nSPS) is 12.0. The SMILES string of the molecule is Cc1occc1CN(C)S(=O)(=O)c1ccc(N)c(Cl)c1. The van der Waals surface area contributed by atoms with Crippen molar-refractivity contribution in [1.29, 1.82) is 0 Å². The molecule has 0 atom stereocenters. The van der Waals surface area contributed by atoms with Gasteiger partial charge in [-0.1, -0.05) is 11.6 Å². The zero-order valence-corrected chi connectivity index (χ0v) is 12.7. The quantitative estimate of drug-likeness (QED) is 0.880. The molecule has 0 aliphatic rings. The third kappa shape index (κ3) is 2.82. The zero-order valence-electron chi connectivity index (χ0n) is 11.1. The van der Waals surface area contributed by atoms with E-state index in [1.54, 1.807) is 13.0 Å². The summed E-state index contributed by atoms with van der Waals surface area (Å²) in [5.74, 6) is 0.697. The van der Waals surface area contributed by atoms with Gasteiger partial charge in [0.25, 0.3) is 0 Å². The third-order valence-electron chi connectivity index (χ3n) is 3.04. The molecule has 2 aromatic rings. The van der Waals surface area contributed by atoms with Crippen LogP contribution >= 0.6 is 11.6 Å². The van der Waals surface area contributed by atoms with Gasteiger partial charge in [-0.05, 0) is 31.2 Å². The Hall–Kier alpha value is -1.50. The number of hydrogen-bond donors (Lipinski definition) is 1. The van der Waals surface area contributed by atoms with Gasteiger partial charge in [0.15, 0.2) is 0 Å². The van der Waals surface area contributed by atoms with E-state index in [4.69, 9.17) is 21.8 Å². The van der Waals surface area contributed by atoms with Crippen LogP contribution in [0.15, 0.2) is 39.8 Å². The summed E-state index contributed by atoms with van der Waals surface area (Å²) in [5.41, 5.74) is 6.75. The Balaban J connectivity index is 2.29. The van der Waals surface area contributed by atoms with Crippen molar-refractivity contribution in [2.24, 2.45) is 0 Å². The second kappa shape index (κ2) is 5.47. The van der Waals surface area contributed by atoms with Crippen molar-refractivity contribution >= 4 is 27.3 Å². The van der Waals surface area contributed by atoms with E-state index in [0.29, 0.717) is 11.4 Å². The van der Waals surface area contributed by atoms with Crippen LogP contribution in [0.2, 0.25) is 5.02 Å². The standard InChI is InChI=1S/C13H15ClN2O3S/c1-9-10(5-6-19-9)8-16(2)20(17,18)11-3-4-13(15)12(14)7-11/h3-7H,8,15H2,1-2H3. The first-order valence-corrected chi connectivity index (χ1v) is 7.68. The smallest absolute Gasteiger partial charge is 0.243 e. The summed E-state index contributed by atoms with van der Waals surface area (Å²) >= 11 is 5.87. The highest BCUT2D eigenvalue weighted by atomic mass is 35.5. The maximum atomic E-state index is 12.4. The summed E-state index contributed by atoms with van der Waals surface area (Å²) in [6.45, 7) is 2.02. The van der Waals surface area contributed by atoms with E-state index in [9.17, 15) is 8.42 Å². The number of rotatable bonds is 4. The molecule has 5 nitrogen and oxygen atoms in total. The summed E-state index contributed by atoms with van der Waals surface area (Å²) in [7, 11) is -2.11. The van der Waals surface area contributed by atoms with Crippen molar-refractivity contribution in [2.45, 2.75) is 18.4 Å². The Morgan fingerprint density at radius 1 is 1.35 bits per heavy atom. The minimum absolute atomic E-state index is 0.111. The molecule has 1 aromatic carbocycles. The van der Waals surface area contributed by atoms with E-state index in [-0.39, 0.29) is 16.5 Å².